The summed E-state index contributed by atoms with van der Waals surface area (Å²) in [4.78, 5) is 0. The molecule has 2 N–H and O–H groups in total. The van der Waals surface area contributed by atoms with Gasteiger partial charge in [-0.1, -0.05) is 36.2 Å². The van der Waals surface area contributed by atoms with E-state index in [4.69, 9.17) is 28.9 Å². The Morgan fingerprint density at radius 3 is 2.43 bits per heavy atom. The summed E-state index contributed by atoms with van der Waals surface area (Å²) in [7, 11) is 0. The molecule has 0 heterocycles. The minimum atomic E-state index is -0.169. The number of halogens is 2. The first kappa shape index (κ1) is 11.8. The molecule has 0 saturated carbocycles. The molecule has 0 amide bonds. The average Bonchev–Trinajstić information content (AvgIpc) is 2.11. The highest BCUT2D eigenvalue weighted by molar-refractivity contribution is 6.42. The molecule has 78 valence electrons. The molecule has 0 aliphatic heterocycles. The minimum absolute atomic E-state index is 0.169. The summed E-state index contributed by atoms with van der Waals surface area (Å²) in [5, 5.41) is 1.18. The van der Waals surface area contributed by atoms with E-state index in [-0.39, 0.29) is 5.54 Å². The maximum Gasteiger partial charge on any atom is 0.0595 e. The second-order valence-corrected chi connectivity index (χ2v) is 4.75. The van der Waals surface area contributed by atoms with Crippen LogP contribution in [0.1, 0.15) is 25.8 Å². The van der Waals surface area contributed by atoms with Crippen molar-refractivity contribution in [2.24, 2.45) is 5.73 Å². The maximum absolute atomic E-state index is 6.06. The first-order chi connectivity index (χ1) is 6.44. The van der Waals surface area contributed by atoms with Crippen LogP contribution in [-0.2, 0) is 6.42 Å². The van der Waals surface area contributed by atoms with E-state index in [2.05, 4.69) is 6.92 Å². The molecule has 1 aromatic carbocycles. The first-order valence-electron chi connectivity index (χ1n) is 4.67. The second kappa shape index (κ2) is 4.52. The van der Waals surface area contributed by atoms with Gasteiger partial charge in [0.05, 0.1) is 10.0 Å². The van der Waals surface area contributed by atoms with Crippen molar-refractivity contribution in [2.75, 3.05) is 0 Å². The predicted molar refractivity (Wildman–Crippen MR) is 63.0 cm³/mol. The van der Waals surface area contributed by atoms with E-state index < -0.39 is 0 Å². The number of hydrogen-bond acceptors (Lipinski definition) is 1. The Labute approximate surface area is 95.2 Å². The van der Waals surface area contributed by atoms with Crippen LogP contribution in [0.4, 0.5) is 0 Å². The first-order valence-corrected chi connectivity index (χ1v) is 5.43. The Kier molecular flexibility index (Phi) is 3.82. The topological polar surface area (TPSA) is 26.0 Å². The van der Waals surface area contributed by atoms with Crippen LogP contribution in [-0.4, -0.2) is 5.54 Å². The Hall–Kier alpha value is -0.240. The molecular weight excluding hydrogens is 217 g/mol. The molecule has 0 aromatic heterocycles. The molecule has 0 spiro atoms. The van der Waals surface area contributed by atoms with Gasteiger partial charge in [0.25, 0.3) is 0 Å². The van der Waals surface area contributed by atoms with Gasteiger partial charge in [0.1, 0.15) is 0 Å². The molecule has 0 aliphatic rings. The van der Waals surface area contributed by atoms with Crippen LogP contribution in [0, 0.1) is 0 Å². The van der Waals surface area contributed by atoms with Gasteiger partial charge in [-0.15, -0.1) is 0 Å². The van der Waals surface area contributed by atoms with Crippen LogP contribution >= 0.6 is 23.2 Å². The molecule has 1 atom stereocenters. The Bertz CT molecular complexity index is 321. The molecule has 1 unspecified atom stereocenters. The van der Waals surface area contributed by atoms with Crippen LogP contribution in [0.25, 0.3) is 0 Å². The maximum atomic E-state index is 6.06. The summed E-state index contributed by atoms with van der Waals surface area (Å²) in [6, 6.07) is 5.66. The van der Waals surface area contributed by atoms with Crippen LogP contribution in [0.5, 0.6) is 0 Å². The highest BCUT2D eigenvalue weighted by Crippen LogP contribution is 2.24. The number of benzene rings is 1. The fourth-order valence-corrected chi connectivity index (χ4v) is 1.56. The third-order valence-electron chi connectivity index (χ3n) is 2.40. The third-order valence-corrected chi connectivity index (χ3v) is 3.14. The van der Waals surface area contributed by atoms with Crippen LogP contribution in [0.15, 0.2) is 18.2 Å². The van der Waals surface area contributed by atoms with Crippen molar-refractivity contribution in [3.8, 4) is 0 Å². The Morgan fingerprint density at radius 2 is 1.93 bits per heavy atom. The van der Waals surface area contributed by atoms with Gasteiger partial charge in [0, 0.05) is 5.54 Å². The lowest BCUT2D eigenvalue weighted by atomic mass is 9.91. The van der Waals surface area contributed by atoms with Crippen molar-refractivity contribution in [3.05, 3.63) is 33.8 Å². The summed E-state index contributed by atoms with van der Waals surface area (Å²) >= 11 is 11.7. The lowest BCUT2D eigenvalue weighted by Gasteiger charge is -2.22. The average molecular weight is 232 g/mol. The molecule has 0 fully saturated rings. The smallest absolute Gasteiger partial charge is 0.0595 e. The van der Waals surface area contributed by atoms with Crippen LogP contribution < -0.4 is 5.73 Å². The largest absolute Gasteiger partial charge is 0.325 e. The normalized spacial score (nSPS) is 15.2. The fourth-order valence-electron chi connectivity index (χ4n) is 1.24. The number of rotatable bonds is 3. The van der Waals surface area contributed by atoms with Gasteiger partial charge in [-0.3, -0.25) is 0 Å². The highest BCUT2D eigenvalue weighted by Gasteiger charge is 2.16. The lowest BCUT2D eigenvalue weighted by Crippen LogP contribution is -2.37. The molecule has 0 radical (unpaired) electrons. The van der Waals surface area contributed by atoms with Gasteiger partial charge in [-0.05, 0) is 37.5 Å². The van der Waals surface area contributed by atoms with Crippen molar-refractivity contribution in [1.82, 2.24) is 0 Å². The fraction of sp³-hybridized carbons (Fsp3) is 0.455. The van der Waals surface area contributed by atoms with Gasteiger partial charge >= 0.3 is 0 Å². The van der Waals surface area contributed by atoms with Gasteiger partial charge < -0.3 is 5.73 Å². The summed E-state index contributed by atoms with van der Waals surface area (Å²) in [5.74, 6) is 0. The molecule has 3 heteroatoms. The van der Waals surface area contributed by atoms with Gasteiger partial charge in [0.15, 0.2) is 0 Å². The van der Waals surface area contributed by atoms with Crippen molar-refractivity contribution in [2.45, 2.75) is 32.2 Å². The van der Waals surface area contributed by atoms with E-state index in [1.54, 1.807) is 0 Å². The quantitative estimate of drug-likeness (QED) is 0.845. The Morgan fingerprint density at radius 1 is 1.29 bits per heavy atom. The van der Waals surface area contributed by atoms with Gasteiger partial charge in [-0.2, -0.15) is 0 Å². The van der Waals surface area contributed by atoms with Gasteiger partial charge in [-0.25, -0.2) is 0 Å². The van der Waals surface area contributed by atoms with E-state index in [9.17, 15) is 0 Å². The second-order valence-electron chi connectivity index (χ2n) is 3.93. The molecule has 0 saturated heterocycles. The standard InChI is InChI=1S/C11H15Cl2N/c1-3-11(2,14)7-8-4-5-9(12)10(13)6-8/h4-6H,3,7,14H2,1-2H3. The molecule has 14 heavy (non-hydrogen) atoms. The van der Waals surface area contributed by atoms with Crippen LogP contribution in [0.2, 0.25) is 10.0 Å². The molecular formula is C11H15Cl2N. The van der Waals surface area contributed by atoms with Crippen LogP contribution in [0.3, 0.4) is 0 Å². The van der Waals surface area contributed by atoms with E-state index in [0.29, 0.717) is 10.0 Å². The van der Waals surface area contributed by atoms with Crippen molar-refractivity contribution in [3.63, 3.8) is 0 Å². The van der Waals surface area contributed by atoms with E-state index in [0.717, 1.165) is 18.4 Å². The minimum Gasteiger partial charge on any atom is -0.325 e. The summed E-state index contributed by atoms with van der Waals surface area (Å²) in [6.45, 7) is 4.12. The van der Waals surface area contributed by atoms with Gasteiger partial charge in [0.2, 0.25) is 0 Å². The zero-order chi connectivity index (χ0) is 10.8. The highest BCUT2D eigenvalue weighted by atomic mass is 35.5. The molecule has 1 nitrogen and oxygen atoms in total. The van der Waals surface area contributed by atoms with Crippen molar-refractivity contribution < 1.29 is 0 Å². The lowest BCUT2D eigenvalue weighted by molar-refractivity contribution is 0.450. The zero-order valence-corrected chi connectivity index (χ0v) is 9.99. The van der Waals surface area contributed by atoms with Crippen molar-refractivity contribution in [1.29, 1.82) is 0 Å². The van der Waals surface area contributed by atoms with E-state index in [1.807, 2.05) is 25.1 Å². The zero-order valence-electron chi connectivity index (χ0n) is 8.48. The molecule has 0 bridgehead atoms. The van der Waals surface area contributed by atoms with E-state index in [1.165, 1.54) is 0 Å². The molecule has 1 rings (SSSR count). The number of nitrogens with two attached hydrogens (primary N) is 1. The van der Waals surface area contributed by atoms with Crippen molar-refractivity contribution >= 4 is 23.2 Å². The monoisotopic (exact) mass is 231 g/mol. The SMILES string of the molecule is CCC(C)(N)Cc1ccc(Cl)c(Cl)c1. The molecule has 1 aromatic rings. The summed E-state index contributed by atoms with van der Waals surface area (Å²) in [6.07, 6.45) is 1.76. The summed E-state index contributed by atoms with van der Waals surface area (Å²) in [5.41, 5.74) is 7.02. The predicted octanol–water partition coefficient (Wildman–Crippen LogP) is 3.66. The van der Waals surface area contributed by atoms with E-state index >= 15 is 0 Å². The summed E-state index contributed by atoms with van der Waals surface area (Å²) < 4.78 is 0. The molecule has 0 aliphatic carbocycles. The number of hydrogen-bond donors (Lipinski definition) is 1. The Balaban J connectivity index is 2.83. The third kappa shape index (κ3) is 3.16.